The van der Waals surface area contributed by atoms with Gasteiger partial charge < -0.3 is 4.90 Å². The second-order valence-corrected chi connectivity index (χ2v) is 5.37. The molecular weight excluding hydrogens is 298 g/mol. The van der Waals surface area contributed by atoms with Crippen molar-refractivity contribution in [2.75, 3.05) is 6.54 Å². The van der Waals surface area contributed by atoms with E-state index < -0.39 is 0 Å². The third-order valence-corrected chi connectivity index (χ3v) is 3.36. The standard InChI is InChI=1S/C13H16BrNOS/c1-4-7-15(9(2)3)13(16)11-8-10(17)5-6-12(11)14/h4-6,8-9,17H,1,7H2,2-3H3. The lowest BCUT2D eigenvalue weighted by molar-refractivity contribution is 0.0727. The number of carbonyl (C=O) groups excluding carboxylic acids is 1. The number of thiol groups is 1. The van der Waals surface area contributed by atoms with Crippen LogP contribution in [-0.4, -0.2) is 23.4 Å². The first-order valence-corrected chi connectivity index (χ1v) is 6.61. The van der Waals surface area contributed by atoms with Gasteiger partial charge >= 0.3 is 0 Å². The van der Waals surface area contributed by atoms with Crippen LogP contribution in [0, 0.1) is 0 Å². The van der Waals surface area contributed by atoms with E-state index in [-0.39, 0.29) is 11.9 Å². The van der Waals surface area contributed by atoms with Gasteiger partial charge in [0.15, 0.2) is 0 Å². The molecule has 2 nitrogen and oxygen atoms in total. The monoisotopic (exact) mass is 313 g/mol. The van der Waals surface area contributed by atoms with Crippen LogP contribution in [0.2, 0.25) is 0 Å². The second kappa shape index (κ2) is 6.26. The Labute approximate surface area is 116 Å². The summed E-state index contributed by atoms with van der Waals surface area (Å²) < 4.78 is 0.787. The molecule has 0 bridgehead atoms. The third kappa shape index (κ3) is 3.61. The Bertz CT molecular complexity index is 431. The summed E-state index contributed by atoms with van der Waals surface area (Å²) >= 11 is 7.65. The van der Waals surface area contributed by atoms with Crippen molar-refractivity contribution in [3.63, 3.8) is 0 Å². The fraction of sp³-hybridized carbons (Fsp3) is 0.308. The molecule has 92 valence electrons. The van der Waals surface area contributed by atoms with Gasteiger partial charge in [-0.3, -0.25) is 4.79 Å². The molecule has 1 amide bonds. The lowest BCUT2D eigenvalue weighted by Crippen LogP contribution is -2.37. The summed E-state index contributed by atoms with van der Waals surface area (Å²) in [5.41, 5.74) is 0.632. The number of rotatable bonds is 4. The van der Waals surface area contributed by atoms with E-state index in [9.17, 15) is 4.79 Å². The van der Waals surface area contributed by atoms with Gasteiger partial charge in [0.2, 0.25) is 0 Å². The van der Waals surface area contributed by atoms with Crippen LogP contribution in [0.25, 0.3) is 0 Å². The summed E-state index contributed by atoms with van der Waals surface area (Å²) in [6.45, 7) is 8.19. The van der Waals surface area contributed by atoms with Crippen molar-refractivity contribution in [3.05, 3.63) is 40.9 Å². The first-order valence-electron chi connectivity index (χ1n) is 5.37. The van der Waals surface area contributed by atoms with Crippen molar-refractivity contribution in [2.45, 2.75) is 24.8 Å². The highest BCUT2D eigenvalue weighted by atomic mass is 79.9. The summed E-state index contributed by atoms with van der Waals surface area (Å²) in [7, 11) is 0. The molecule has 4 heteroatoms. The molecule has 0 N–H and O–H groups in total. The molecule has 0 unspecified atom stereocenters. The summed E-state index contributed by atoms with van der Waals surface area (Å²) in [6, 6.07) is 5.59. The number of hydrogen-bond donors (Lipinski definition) is 1. The summed E-state index contributed by atoms with van der Waals surface area (Å²) in [5, 5.41) is 0. The number of halogens is 1. The van der Waals surface area contributed by atoms with Crippen molar-refractivity contribution in [1.29, 1.82) is 0 Å². The van der Waals surface area contributed by atoms with Gasteiger partial charge in [-0.05, 0) is 48.0 Å². The van der Waals surface area contributed by atoms with Gasteiger partial charge in [0.25, 0.3) is 5.91 Å². The highest BCUT2D eigenvalue weighted by Gasteiger charge is 2.19. The Balaban J connectivity index is 3.08. The van der Waals surface area contributed by atoms with Crippen LogP contribution in [0.1, 0.15) is 24.2 Å². The quantitative estimate of drug-likeness (QED) is 0.662. The highest BCUT2D eigenvalue weighted by molar-refractivity contribution is 9.10. The van der Waals surface area contributed by atoms with Crippen LogP contribution in [0.5, 0.6) is 0 Å². The predicted molar refractivity (Wildman–Crippen MR) is 77.8 cm³/mol. The van der Waals surface area contributed by atoms with E-state index >= 15 is 0 Å². The normalized spacial score (nSPS) is 10.4. The van der Waals surface area contributed by atoms with E-state index in [0.29, 0.717) is 12.1 Å². The Morgan fingerprint density at radius 1 is 1.59 bits per heavy atom. The molecule has 0 fully saturated rings. The molecule has 0 aliphatic heterocycles. The van der Waals surface area contributed by atoms with Crippen LogP contribution >= 0.6 is 28.6 Å². The number of benzene rings is 1. The minimum Gasteiger partial charge on any atom is -0.332 e. The highest BCUT2D eigenvalue weighted by Crippen LogP contribution is 2.22. The molecule has 0 spiro atoms. The van der Waals surface area contributed by atoms with Gasteiger partial charge in [0.1, 0.15) is 0 Å². The zero-order valence-corrected chi connectivity index (χ0v) is 12.5. The molecule has 0 radical (unpaired) electrons. The van der Waals surface area contributed by atoms with Crippen molar-refractivity contribution < 1.29 is 4.79 Å². The fourth-order valence-corrected chi connectivity index (χ4v) is 2.12. The first kappa shape index (κ1) is 14.3. The molecular formula is C13H16BrNOS. The lowest BCUT2D eigenvalue weighted by Gasteiger charge is -2.26. The molecule has 1 aromatic carbocycles. The smallest absolute Gasteiger partial charge is 0.255 e. The number of amides is 1. The van der Waals surface area contributed by atoms with E-state index in [4.69, 9.17) is 0 Å². The molecule has 0 saturated heterocycles. The van der Waals surface area contributed by atoms with Crippen molar-refractivity contribution in [2.24, 2.45) is 0 Å². The van der Waals surface area contributed by atoms with Gasteiger partial charge in [0.05, 0.1) is 5.56 Å². The van der Waals surface area contributed by atoms with Crippen molar-refractivity contribution in [3.8, 4) is 0 Å². The number of carbonyl (C=O) groups is 1. The molecule has 0 aliphatic rings. The molecule has 0 aromatic heterocycles. The van der Waals surface area contributed by atoms with Crippen molar-refractivity contribution >= 4 is 34.5 Å². The van der Waals surface area contributed by atoms with Gasteiger partial charge in [-0.2, -0.15) is 0 Å². The van der Waals surface area contributed by atoms with Crippen LogP contribution < -0.4 is 0 Å². The van der Waals surface area contributed by atoms with E-state index in [0.717, 1.165) is 9.37 Å². The number of nitrogens with zero attached hydrogens (tertiary/aromatic N) is 1. The van der Waals surface area contributed by atoms with Crippen molar-refractivity contribution in [1.82, 2.24) is 4.90 Å². The summed E-state index contributed by atoms with van der Waals surface area (Å²) in [6.07, 6.45) is 1.73. The average Bonchev–Trinajstić information content (AvgIpc) is 2.28. The van der Waals surface area contributed by atoms with E-state index in [1.54, 1.807) is 17.0 Å². The molecule has 0 aliphatic carbocycles. The maximum atomic E-state index is 12.4. The van der Waals surface area contributed by atoms with Crippen LogP contribution in [-0.2, 0) is 0 Å². The molecule has 0 heterocycles. The Hall–Kier alpha value is -0.740. The van der Waals surface area contributed by atoms with E-state index in [1.165, 1.54) is 0 Å². The largest absolute Gasteiger partial charge is 0.332 e. The first-order chi connectivity index (χ1) is 7.97. The minimum atomic E-state index is -0.0114. The van der Waals surface area contributed by atoms with Crippen LogP contribution in [0.15, 0.2) is 40.2 Å². The van der Waals surface area contributed by atoms with Crippen LogP contribution in [0.4, 0.5) is 0 Å². The predicted octanol–water partition coefficient (Wildman–Crippen LogP) is 3.77. The molecule has 1 aromatic rings. The Kier molecular flexibility index (Phi) is 5.28. The zero-order valence-electron chi connectivity index (χ0n) is 9.98. The number of hydrogen-bond acceptors (Lipinski definition) is 2. The summed E-state index contributed by atoms with van der Waals surface area (Å²) in [5.74, 6) is -0.0114. The van der Waals surface area contributed by atoms with Gasteiger partial charge in [-0.1, -0.05) is 6.08 Å². The van der Waals surface area contributed by atoms with E-state index in [1.807, 2.05) is 26.0 Å². The third-order valence-electron chi connectivity index (χ3n) is 2.39. The maximum Gasteiger partial charge on any atom is 0.255 e. The SMILES string of the molecule is C=CCN(C(=O)c1cc(S)ccc1Br)C(C)C. The fourth-order valence-electron chi connectivity index (χ4n) is 1.50. The molecule has 0 saturated carbocycles. The Morgan fingerprint density at radius 2 is 2.24 bits per heavy atom. The molecule has 17 heavy (non-hydrogen) atoms. The van der Waals surface area contributed by atoms with Gasteiger partial charge in [-0.15, -0.1) is 19.2 Å². The zero-order chi connectivity index (χ0) is 13.0. The van der Waals surface area contributed by atoms with Gasteiger partial charge in [0, 0.05) is 22.0 Å². The second-order valence-electron chi connectivity index (χ2n) is 4.00. The summed E-state index contributed by atoms with van der Waals surface area (Å²) in [4.78, 5) is 14.9. The molecule has 0 atom stereocenters. The van der Waals surface area contributed by atoms with E-state index in [2.05, 4.69) is 35.1 Å². The topological polar surface area (TPSA) is 20.3 Å². The lowest BCUT2D eigenvalue weighted by atomic mass is 10.1. The minimum absolute atomic E-state index is 0.0114. The average molecular weight is 314 g/mol. The molecule has 1 rings (SSSR count). The maximum absolute atomic E-state index is 12.4. The van der Waals surface area contributed by atoms with Crippen LogP contribution in [0.3, 0.4) is 0 Å². The van der Waals surface area contributed by atoms with Gasteiger partial charge in [-0.25, -0.2) is 0 Å². The Morgan fingerprint density at radius 3 is 2.76 bits per heavy atom.